The summed E-state index contributed by atoms with van der Waals surface area (Å²) in [6.07, 6.45) is 0.0832. The van der Waals surface area contributed by atoms with Crippen molar-refractivity contribution in [1.29, 1.82) is 5.26 Å². The molecule has 1 aliphatic rings. The third kappa shape index (κ3) is 6.20. The highest BCUT2D eigenvalue weighted by Gasteiger charge is 2.41. The molecule has 0 aliphatic carbocycles. The number of amides is 2. The van der Waals surface area contributed by atoms with Crippen LogP contribution in [0.15, 0.2) is 59.6 Å². The predicted molar refractivity (Wildman–Crippen MR) is 125 cm³/mol. The number of nitrogens with one attached hydrogen (secondary N) is 1. The summed E-state index contributed by atoms with van der Waals surface area (Å²) in [4.78, 5) is 43.2. The van der Waals surface area contributed by atoms with Crippen molar-refractivity contribution in [2.24, 2.45) is 4.99 Å². The molecule has 0 saturated carbocycles. The van der Waals surface area contributed by atoms with Gasteiger partial charge in [0.2, 0.25) is 5.91 Å². The number of esters is 1. The van der Waals surface area contributed by atoms with E-state index >= 15 is 0 Å². The van der Waals surface area contributed by atoms with Crippen LogP contribution < -0.4 is 5.32 Å². The van der Waals surface area contributed by atoms with Gasteiger partial charge in [-0.05, 0) is 36.8 Å². The summed E-state index contributed by atoms with van der Waals surface area (Å²) in [7, 11) is 1.30. The minimum atomic E-state index is -0.501. The Kier molecular flexibility index (Phi) is 8.22. The van der Waals surface area contributed by atoms with Crippen LogP contribution in [0.25, 0.3) is 0 Å². The number of amidine groups is 1. The van der Waals surface area contributed by atoms with E-state index in [0.717, 1.165) is 5.56 Å². The Morgan fingerprint density at radius 1 is 1.15 bits per heavy atom. The van der Waals surface area contributed by atoms with Gasteiger partial charge in [0.15, 0.2) is 5.17 Å². The number of methoxy groups -OCH3 is 1. The van der Waals surface area contributed by atoms with Crippen molar-refractivity contribution in [3.8, 4) is 6.07 Å². The molecule has 2 amide bonds. The van der Waals surface area contributed by atoms with E-state index < -0.39 is 17.1 Å². The molecule has 8 nitrogen and oxygen atoms in total. The molecule has 33 heavy (non-hydrogen) atoms. The molecule has 0 aromatic heterocycles. The number of rotatable bonds is 7. The van der Waals surface area contributed by atoms with E-state index in [9.17, 15) is 14.4 Å². The number of aliphatic imine (C=N–C) groups is 1. The number of thioether (sulfide) groups is 1. The lowest BCUT2D eigenvalue weighted by Crippen LogP contribution is -2.42. The molecule has 0 radical (unpaired) electrons. The molecule has 2 aromatic carbocycles. The van der Waals surface area contributed by atoms with E-state index in [1.807, 2.05) is 48.2 Å². The maximum Gasteiger partial charge on any atom is 0.307 e. The molecule has 1 fully saturated rings. The highest BCUT2D eigenvalue weighted by atomic mass is 32.2. The fraction of sp³-hybridized carbons (Fsp3) is 0.292. The topological polar surface area (TPSA) is 112 Å². The number of hydrogen-bond donors (Lipinski definition) is 1. The molecule has 170 valence electrons. The van der Waals surface area contributed by atoms with E-state index in [1.165, 1.54) is 18.9 Å². The van der Waals surface area contributed by atoms with Crippen LogP contribution in [-0.2, 0) is 20.9 Å². The second-order valence-corrected chi connectivity index (χ2v) is 8.51. The molecular weight excluding hydrogens is 440 g/mol. The Morgan fingerprint density at radius 3 is 2.48 bits per heavy atom. The largest absolute Gasteiger partial charge is 0.469 e. The van der Waals surface area contributed by atoms with Crippen LogP contribution in [0, 0.1) is 11.3 Å². The molecule has 1 heterocycles. The first-order valence-corrected chi connectivity index (χ1v) is 11.3. The van der Waals surface area contributed by atoms with Gasteiger partial charge in [0, 0.05) is 24.7 Å². The Hall–Kier alpha value is -3.64. The normalized spacial score (nSPS) is 18.6. The highest BCUT2D eigenvalue weighted by molar-refractivity contribution is 8.15. The van der Waals surface area contributed by atoms with Gasteiger partial charge in [-0.2, -0.15) is 10.3 Å². The molecule has 0 spiro atoms. The van der Waals surface area contributed by atoms with Gasteiger partial charge in [0.05, 0.1) is 25.2 Å². The lowest BCUT2D eigenvalue weighted by atomic mass is 10.1. The molecule has 1 N–H and O–H groups in total. The molecule has 9 heteroatoms. The molecule has 2 aromatic rings. The van der Waals surface area contributed by atoms with Crippen LogP contribution >= 0.6 is 11.8 Å². The fourth-order valence-electron chi connectivity index (χ4n) is 3.30. The molecule has 0 bridgehead atoms. The van der Waals surface area contributed by atoms with Crippen LogP contribution in [0.5, 0.6) is 0 Å². The smallest absolute Gasteiger partial charge is 0.307 e. The van der Waals surface area contributed by atoms with Crippen LogP contribution in [-0.4, -0.2) is 52.8 Å². The van der Waals surface area contributed by atoms with Gasteiger partial charge >= 0.3 is 5.97 Å². The fourth-order valence-corrected chi connectivity index (χ4v) is 4.56. The monoisotopic (exact) mass is 464 g/mol. The van der Waals surface area contributed by atoms with Gasteiger partial charge in [0.1, 0.15) is 5.25 Å². The Bertz CT molecular complexity index is 1080. The van der Waals surface area contributed by atoms with Crippen LogP contribution in [0.3, 0.4) is 0 Å². The molecule has 2 atom stereocenters. The van der Waals surface area contributed by atoms with Crippen molar-refractivity contribution in [2.45, 2.75) is 31.2 Å². The summed E-state index contributed by atoms with van der Waals surface area (Å²) >= 11 is 1.22. The van der Waals surface area contributed by atoms with Crippen LogP contribution in [0.2, 0.25) is 0 Å². The van der Waals surface area contributed by atoms with Gasteiger partial charge in [-0.25, -0.2) is 0 Å². The molecule has 1 saturated heterocycles. The maximum absolute atomic E-state index is 12.8. The lowest BCUT2D eigenvalue weighted by molar-refractivity contribution is -0.140. The molecule has 2 unspecified atom stereocenters. The van der Waals surface area contributed by atoms with E-state index in [-0.39, 0.29) is 24.9 Å². The van der Waals surface area contributed by atoms with Gasteiger partial charge in [-0.15, -0.1) is 0 Å². The van der Waals surface area contributed by atoms with E-state index in [4.69, 9.17) is 5.26 Å². The van der Waals surface area contributed by atoms with Crippen LogP contribution in [0.1, 0.15) is 34.8 Å². The minimum absolute atomic E-state index is 0.0832. The quantitative estimate of drug-likeness (QED) is 0.627. The number of nitrogens with zero attached hydrogens (tertiary/aromatic N) is 3. The molecule has 1 aliphatic heterocycles. The van der Waals surface area contributed by atoms with Gasteiger partial charge in [-0.1, -0.05) is 42.1 Å². The average Bonchev–Trinajstić information content (AvgIpc) is 3.14. The van der Waals surface area contributed by atoms with Crippen molar-refractivity contribution < 1.29 is 19.1 Å². The van der Waals surface area contributed by atoms with Gasteiger partial charge < -0.3 is 15.0 Å². The lowest BCUT2D eigenvalue weighted by Gasteiger charge is -2.25. The van der Waals surface area contributed by atoms with Crippen molar-refractivity contribution in [2.75, 3.05) is 13.7 Å². The first-order chi connectivity index (χ1) is 15.9. The van der Waals surface area contributed by atoms with E-state index in [2.05, 4.69) is 15.0 Å². The third-order valence-corrected chi connectivity index (χ3v) is 6.57. The zero-order chi connectivity index (χ0) is 23.8. The summed E-state index contributed by atoms with van der Waals surface area (Å²) in [5, 5.41) is 11.7. The average molecular weight is 465 g/mol. The van der Waals surface area contributed by atoms with E-state index in [0.29, 0.717) is 22.8 Å². The Balaban J connectivity index is 1.81. The van der Waals surface area contributed by atoms with Crippen molar-refractivity contribution in [3.05, 3.63) is 71.3 Å². The maximum atomic E-state index is 12.8. The second kappa shape index (κ2) is 11.3. The number of benzene rings is 2. The van der Waals surface area contributed by atoms with Crippen molar-refractivity contribution >= 4 is 34.7 Å². The summed E-state index contributed by atoms with van der Waals surface area (Å²) in [5.74, 6) is -1.08. The van der Waals surface area contributed by atoms with E-state index in [1.54, 1.807) is 24.3 Å². The van der Waals surface area contributed by atoms with Gasteiger partial charge in [0.25, 0.3) is 5.91 Å². The summed E-state index contributed by atoms with van der Waals surface area (Å²) in [5.41, 5.74) is 1.84. The van der Waals surface area contributed by atoms with Crippen molar-refractivity contribution in [1.82, 2.24) is 10.2 Å². The SMILES string of the molecule is COC(=O)CCNC(=O)C1SC(=NC(=O)c2ccc(C#N)cc2)N(Cc2ccccc2)C1C. The number of hydrogen-bond acceptors (Lipinski definition) is 6. The first kappa shape index (κ1) is 24.0. The number of carbonyl (C=O) groups is 3. The minimum Gasteiger partial charge on any atom is -0.469 e. The standard InChI is InChI=1S/C24H24N4O4S/c1-16-21(23(31)26-13-12-20(29)32-2)33-24(28(16)15-18-6-4-3-5-7-18)27-22(30)19-10-8-17(14-25)9-11-19/h3-11,16,21H,12-13,15H2,1-2H3,(H,26,31). The number of ether oxygens (including phenoxy) is 1. The predicted octanol–water partition coefficient (Wildman–Crippen LogP) is 2.74. The summed E-state index contributed by atoms with van der Waals surface area (Å²) in [6.45, 7) is 2.57. The Labute approximate surface area is 196 Å². The number of carbonyl (C=O) groups excluding carboxylic acids is 3. The summed E-state index contributed by atoms with van der Waals surface area (Å²) in [6, 6.07) is 17.8. The highest BCUT2D eigenvalue weighted by Crippen LogP contribution is 2.33. The second-order valence-electron chi connectivity index (χ2n) is 7.40. The zero-order valence-electron chi connectivity index (χ0n) is 18.4. The number of nitriles is 1. The third-order valence-electron chi connectivity index (χ3n) is 5.18. The first-order valence-electron chi connectivity index (χ1n) is 10.4. The van der Waals surface area contributed by atoms with Crippen molar-refractivity contribution in [3.63, 3.8) is 0 Å². The Morgan fingerprint density at radius 2 is 1.85 bits per heavy atom. The molecule has 3 rings (SSSR count). The zero-order valence-corrected chi connectivity index (χ0v) is 19.2. The molecular formula is C24H24N4O4S. The summed E-state index contributed by atoms with van der Waals surface area (Å²) < 4.78 is 4.60. The van der Waals surface area contributed by atoms with Gasteiger partial charge in [-0.3, -0.25) is 14.4 Å². The van der Waals surface area contributed by atoms with Crippen LogP contribution in [0.4, 0.5) is 0 Å².